The van der Waals surface area contributed by atoms with Gasteiger partial charge < -0.3 is 14.6 Å². The van der Waals surface area contributed by atoms with Gasteiger partial charge in [0.25, 0.3) is 0 Å². The molecule has 1 N–H and O–H groups in total. The first-order valence-corrected chi connectivity index (χ1v) is 6.57. The van der Waals surface area contributed by atoms with Gasteiger partial charge in [-0.3, -0.25) is 4.79 Å². The minimum Gasteiger partial charge on any atom is -0.488 e. The van der Waals surface area contributed by atoms with Crippen molar-refractivity contribution in [1.82, 2.24) is 0 Å². The molecule has 0 bridgehead atoms. The van der Waals surface area contributed by atoms with Gasteiger partial charge in [0.15, 0.2) is 5.76 Å². The second-order valence-corrected chi connectivity index (χ2v) is 5.38. The molecule has 0 heterocycles. The number of hydrogen-bond donors (Lipinski definition) is 1. The molecule has 0 saturated heterocycles. The molecule has 0 saturated carbocycles. The average Bonchev–Trinajstić information content (AvgIpc) is 2.86. The van der Waals surface area contributed by atoms with Gasteiger partial charge in [0.05, 0.1) is 12.2 Å². The van der Waals surface area contributed by atoms with Crippen LogP contribution in [0.25, 0.3) is 0 Å². The molecule has 0 fully saturated rings. The molecule has 0 amide bonds. The van der Waals surface area contributed by atoms with Crippen molar-refractivity contribution in [2.45, 2.75) is 45.5 Å². The van der Waals surface area contributed by atoms with Gasteiger partial charge in [-0.15, -0.1) is 0 Å². The van der Waals surface area contributed by atoms with Crippen molar-refractivity contribution in [2.75, 3.05) is 0 Å². The molecular weight excluding hydrogens is 244 g/mol. The monoisotopic (exact) mass is 264 g/mol. The molecule has 4 heteroatoms. The third-order valence-electron chi connectivity index (χ3n) is 3.04. The molecule has 2 rings (SSSR count). The zero-order chi connectivity index (χ0) is 14.2. The minimum atomic E-state index is -1.61. The van der Waals surface area contributed by atoms with Gasteiger partial charge in [-0.1, -0.05) is 24.3 Å². The molecular formula is C15H20O4. The van der Waals surface area contributed by atoms with E-state index in [1.165, 1.54) is 0 Å². The van der Waals surface area contributed by atoms with E-state index in [9.17, 15) is 9.90 Å². The second kappa shape index (κ2) is 4.85. The zero-order valence-corrected chi connectivity index (χ0v) is 11.7. The summed E-state index contributed by atoms with van der Waals surface area (Å²) in [5.41, 5.74) is -1.61. The van der Waals surface area contributed by atoms with Crippen LogP contribution in [-0.2, 0) is 14.3 Å². The van der Waals surface area contributed by atoms with Crippen LogP contribution in [-0.4, -0.2) is 28.7 Å². The van der Waals surface area contributed by atoms with Crippen LogP contribution in [0.3, 0.4) is 0 Å². The molecule has 4 nitrogen and oxygen atoms in total. The number of carbonyl (C=O) groups is 1. The van der Waals surface area contributed by atoms with Gasteiger partial charge in [0.1, 0.15) is 0 Å². The van der Waals surface area contributed by atoms with E-state index >= 15 is 0 Å². The Kier molecular flexibility index (Phi) is 3.54. The predicted molar refractivity (Wildman–Crippen MR) is 71.2 cm³/mol. The average molecular weight is 264 g/mol. The minimum absolute atomic E-state index is 0.130. The van der Waals surface area contributed by atoms with Gasteiger partial charge in [-0.05, 0) is 27.7 Å². The van der Waals surface area contributed by atoms with Crippen LogP contribution in [0.5, 0.6) is 0 Å². The van der Waals surface area contributed by atoms with Crippen LogP contribution in [0.4, 0.5) is 0 Å². The Bertz CT molecular complexity index is 459. The summed E-state index contributed by atoms with van der Waals surface area (Å²) < 4.78 is 11.1. The lowest BCUT2D eigenvalue weighted by atomic mass is 9.73. The van der Waals surface area contributed by atoms with Crippen molar-refractivity contribution >= 4 is 5.78 Å². The van der Waals surface area contributed by atoms with Gasteiger partial charge >= 0.3 is 0 Å². The highest BCUT2D eigenvalue weighted by Gasteiger charge is 2.60. The number of Topliss-reactive ketones (excluding diaryl/α,β-unsaturated/α-hetero) is 1. The van der Waals surface area contributed by atoms with E-state index in [-0.39, 0.29) is 29.6 Å². The number of aliphatic hydroxyl groups is 1. The summed E-state index contributed by atoms with van der Waals surface area (Å²) in [5.74, 6) is -0.381. The summed E-state index contributed by atoms with van der Waals surface area (Å²) in [4.78, 5) is 12.2. The molecule has 1 unspecified atom stereocenters. The van der Waals surface area contributed by atoms with Gasteiger partial charge in [-0.25, -0.2) is 0 Å². The first-order chi connectivity index (χ1) is 8.87. The first-order valence-electron chi connectivity index (χ1n) is 6.57. The predicted octanol–water partition coefficient (Wildman–Crippen LogP) is 2.10. The maximum atomic E-state index is 12.2. The van der Waals surface area contributed by atoms with Crippen molar-refractivity contribution < 1.29 is 19.4 Å². The molecule has 0 aromatic heterocycles. The summed E-state index contributed by atoms with van der Waals surface area (Å²) in [6.45, 7) is 7.37. The number of hydrogen-bond acceptors (Lipinski definition) is 4. The molecule has 0 aromatic carbocycles. The highest BCUT2D eigenvalue weighted by molar-refractivity contribution is 6.10. The second-order valence-electron chi connectivity index (χ2n) is 5.38. The maximum absolute atomic E-state index is 12.2. The molecule has 0 aromatic rings. The maximum Gasteiger partial charge on any atom is 0.241 e. The first kappa shape index (κ1) is 13.9. The molecule has 2 aliphatic rings. The number of allylic oxidation sites excluding steroid dienone is 2. The quantitative estimate of drug-likeness (QED) is 0.826. The van der Waals surface area contributed by atoms with E-state index in [1.807, 2.05) is 39.8 Å². The smallest absolute Gasteiger partial charge is 0.241 e. The number of ketones is 1. The molecule has 2 aliphatic carbocycles. The topological polar surface area (TPSA) is 55.8 Å². The van der Waals surface area contributed by atoms with Crippen molar-refractivity contribution in [1.29, 1.82) is 0 Å². The van der Waals surface area contributed by atoms with E-state index in [2.05, 4.69) is 0 Å². The standard InChI is InChI=1S/C15H20O4/c1-9(2)18-12-13(16)15(17,11-7-5-6-8-11)14(12)19-10(3)4/h5-11,17H,1-4H3. The van der Waals surface area contributed by atoms with Crippen molar-refractivity contribution in [3.05, 3.63) is 35.8 Å². The van der Waals surface area contributed by atoms with Crippen molar-refractivity contribution in [3.8, 4) is 0 Å². The SMILES string of the molecule is CC(C)OC1=C(OC(C)C)C(O)(C2C=CC=C2)C1=O. The Morgan fingerprint density at radius 3 is 2.11 bits per heavy atom. The molecule has 0 aliphatic heterocycles. The molecule has 19 heavy (non-hydrogen) atoms. The van der Waals surface area contributed by atoms with E-state index in [1.54, 1.807) is 12.2 Å². The molecule has 0 radical (unpaired) electrons. The van der Waals surface area contributed by atoms with Gasteiger partial charge in [0.2, 0.25) is 17.1 Å². The Morgan fingerprint density at radius 1 is 1.11 bits per heavy atom. The van der Waals surface area contributed by atoms with E-state index in [0.29, 0.717) is 0 Å². The molecule has 104 valence electrons. The lowest BCUT2D eigenvalue weighted by Crippen LogP contribution is -2.57. The van der Waals surface area contributed by atoms with Crippen LogP contribution in [0, 0.1) is 5.92 Å². The highest BCUT2D eigenvalue weighted by Crippen LogP contribution is 2.45. The fourth-order valence-corrected chi connectivity index (χ4v) is 2.22. The molecule has 0 spiro atoms. The zero-order valence-electron chi connectivity index (χ0n) is 11.7. The summed E-state index contributed by atoms with van der Waals surface area (Å²) in [7, 11) is 0. The fourth-order valence-electron chi connectivity index (χ4n) is 2.22. The van der Waals surface area contributed by atoms with Gasteiger partial charge in [0, 0.05) is 5.92 Å². The Balaban J connectivity index is 2.34. The van der Waals surface area contributed by atoms with E-state index in [0.717, 1.165) is 0 Å². The Hall–Kier alpha value is -1.55. The normalized spacial score (nSPS) is 26.6. The largest absolute Gasteiger partial charge is 0.488 e. The third kappa shape index (κ3) is 2.21. The van der Waals surface area contributed by atoms with E-state index < -0.39 is 11.4 Å². The summed E-state index contributed by atoms with van der Waals surface area (Å²) in [6.07, 6.45) is 6.93. The third-order valence-corrected chi connectivity index (χ3v) is 3.04. The molecule has 1 atom stereocenters. The number of carbonyl (C=O) groups excluding carboxylic acids is 1. The number of ether oxygens (including phenoxy) is 2. The van der Waals surface area contributed by atoms with Crippen molar-refractivity contribution in [2.24, 2.45) is 5.92 Å². The van der Waals surface area contributed by atoms with Crippen LogP contribution >= 0.6 is 0 Å². The lowest BCUT2D eigenvalue weighted by molar-refractivity contribution is -0.153. The fraction of sp³-hybridized carbons (Fsp3) is 0.533. The van der Waals surface area contributed by atoms with Crippen LogP contribution in [0.2, 0.25) is 0 Å². The van der Waals surface area contributed by atoms with Gasteiger partial charge in [-0.2, -0.15) is 0 Å². The summed E-state index contributed by atoms with van der Waals surface area (Å²) in [5, 5.41) is 10.7. The highest BCUT2D eigenvalue weighted by atomic mass is 16.6. The Morgan fingerprint density at radius 2 is 1.63 bits per heavy atom. The number of rotatable bonds is 5. The van der Waals surface area contributed by atoms with Crippen LogP contribution in [0.1, 0.15) is 27.7 Å². The lowest BCUT2D eigenvalue weighted by Gasteiger charge is -2.42. The van der Waals surface area contributed by atoms with Crippen molar-refractivity contribution in [3.63, 3.8) is 0 Å². The Labute approximate surface area is 113 Å². The summed E-state index contributed by atoms with van der Waals surface area (Å²) in [6, 6.07) is 0. The van der Waals surface area contributed by atoms with E-state index in [4.69, 9.17) is 9.47 Å². The summed E-state index contributed by atoms with van der Waals surface area (Å²) >= 11 is 0. The van der Waals surface area contributed by atoms with Crippen LogP contribution < -0.4 is 0 Å². The van der Waals surface area contributed by atoms with Crippen LogP contribution in [0.15, 0.2) is 35.8 Å².